The van der Waals surface area contributed by atoms with Crippen molar-refractivity contribution >= 4 is 29.3 Å². The molecule has 0 spiro atoms. The number of hydrogen-bond acceptors (Lipinski definition) is 3. The topological polar surface area (TPSA) is 26.3 Å². The first-order chi connectivity index (χ1) is 6.65. The summed E-state index contributed by atoms with van der Waals surface area (Å²) in [5.74, 6) is -0.241. The normalized spacial score (nSPS) is 12.2. The minimum atomic E-state index is -0.241. The Hall–Kier alpha value is -0.670. The van der Waals surface area contributed by atoms with E-state index < -0.39 is 0 Å². The number of thioether (sulfide) groups is 1. The van der Waals surface area contributed by atoms with Crippen molar-refractivity contribution in [3.63, 3.8) is 0 Å². The van der Waals surface area contributed by atoms with Crippen molar-refractivity contribution in [2.45, 2.75) is 17.1 Å². The van der Waals surface area contributed by atoms with Gasteiger partial charge in [-0.15, -0.1) is 11.8 Å². The van der Waals surface area contributed by atoms with Crippen molar-refractivity contribution < 1.29 is 9.53 Å². The van der Waals surface area contributed by atoms with E-state index in [4.69, 9.17) is 11.6 Å². The average molecular weight is 231 g/mol. The van der Waals surface area contributed by atoms with Crippen molar-refractivity contribution in [1.82, 2.24) is 0 Å². The molecule has 2 nitrogen and oxygen atoms in total. The van der Waals surface area contributed by atoms with Crippen LogP contribution in [0.15, 0.2) is 29.2 Å². The number of carbonyl (C=O) groups excluding carboxylic acids is 1. The summed E-state index contributed by atoms with van der Waals surface area (Å²) in [7, 11) is 1.38. The summed E-state index contributed by atoms with van der Waals surface area (Å²) < 4.78 is 4.62. The number of ether oxygens (including phenoxy) is 1. The summed E-state index contributed by atoms with van der Waals surface area (Å²) in [6.45, 7) is 1.79. The van der Waals surface area contributed by atoms with Crippen LogP contribution < -0.4 is 0 Å². The Morgan fingerprint density at radius 1 is 1.50 bits per heavy atom. The molecule has 0 aliphatic heterocycles. The molecule has 0 aliphatic rings. The molecule has 0 aliphatic carbocycles. The maximum Gasteiger partial charge on any atom is 0.318 e. The molecule has 1 unspecified atom stereocenters. The number of hydrogen-bond donors (Lipinski definition) is 0. The molecule has 0 radical (unpaired) electrons. The van der Waals surface area contributed by atoms with E-state index in [1.165, 1.54) is 18.9 Å². The number of benzene rings is 1. The van der Waals surface area contributed by atoms with Crippen LogP contribution in [0.25, 0.3) is 0 Å². The van der Waals surface area contributed by atoms with Gasteiger partial charge in [-0.05, 0) is 19.1 Å². The van der Waals surface area contributed by atoms with Gasteiger partial charge in [0.15, 0.2) is 0 Å². The van der Waals surface area contributed by atoms with Crippen LogP contribution in [0, 0.1) is 0 Å². The Kier molecular flexibility index (Phi) is 4.29. The van der Waals surface area contributed by atoms with Crippen LogP contribution in [0.3, 0.4) is 0 Å². The maximum atomic E-state index is 11.1. The van der Waals surface area contributed by atoms with E-state index in [2.05, 4.69) is 4.74 Å². The molecule has 0 aromatic heterocycles. The molecule has 76 valence electrons. The third kappa shape index (κ3) is 2.93. The van der Waals surface area contributed by atoms with Gasteiger partial charge < -0.3 is 4.74 Å². The summed E-state index contributed by atoms with van der Waals surface area (Å²) in [6, 6.07) is 7.42. The van der Waals surface area contributed by atoms with Crippen LogP contribution in [-0.4, -0.2) is 18.3 Å². The van der Waals surface area contributed by atoms with Crippen LogP contribution in [-0.2, 0) is 9.53 Å². The lowest BCUT2D eigenvalue weighted by Gasteiger charge is -2.09. The molecule has 0 bridgehead atoms. The quantitative estimate of drug-likeness (QED) is 0.590. The van der Waals surface area contributed by atoms with Crippen molar-refractivity contribution in [2.75, 3.05) is 7.11 Å². The second-order valence-corrected chi connectivity index (χ2v) is 4.50. The monoisotopic (exact) mass is 230 g/mol. The standard InChI is InChI=1S/C10H11ClO2S/c1-7(10(12)13-2)14-9-6-4-3-5-8(9)11/h3-7H,1-2H3. The Labute approximate surface area is 92.6 Å². The fraction of sp³-hybridized carbons (Fsp3) is 0.300. The number of methoxy groups -OCH3 is 1. The van der Waals surface area contributed by atoms with Crippen molar-refractivity contribution in [3.05, 3.63) is 29.3 Å². The summed E-state index contributed by atoms with van der Waals surface area (Å²) in [5.41, 5.74) is 0. The highest BCUT2D eigenvalue weighted by atomic mass is 35.5. The second kappa shape index (κ2) is 5.27. The van der Waals surface area contributed by atoms with Gasteiger partial charge in [0.1, 0.15) is 5.25 Å². The summed E-state index contributed by atoms with van der Waals surface area (Å²) in [6.07, 6.45) is 0. The molecule has 0 fully saturated rings. The van der Waals surface area contributed by atoms with Gasteiger partial charge in [-0.25, -0.2) is 0 Å². The first-order valence-corrected chi connectivity index (χ1v) is 5.40. The van der Waals surface area contributed by atoms with Crippen LogP contribution >= 0.6 is 23.4 Å². The molecule has 1 aromatic rings. The SMILES string of the molecule is COC(=O)C(C)Sc1ccccc1Cl. The largest absolute Gasteiger partial charge is 0.468 e. The molecule has 0 saturated carbocycles. The Bertz CT molecular complexity index is 328. The lowest BCUT2D eigenvalue weighted by molar-refractivity contribution is -0.139. The second-order valence-electron chi connectivity index (χ2n) is 2.71. The minimum absolute atomic E-state index is 0.236. The van der Waals surface area contributed by atoms with Crippen molar-refractivity contribution in [2.24, 2.45) is 0 Å². The summed E-state index contributed by atoms with van der Waals surface area (Å²) >= 11 is 7.34. The van der Waals surface area contributed by atoms with Gasteiger partial charge in [0.05, 0.1) is 12.1 Å². The van der Waals surface area contributed by atoms with Gasteiger partial charge in [0.25, 0.3) is 0 Å². The average Bonchev–Trinajstić information content (AvgIpc) is 2.20. The number of rotatable bonds is 3. The lowest BCUT2D eigenvalue weighted by atomic mass is 10.4. The van der Waals surface area contributed by atoms with E-state index in [0.29, 0.717) is 5.02 Å². The van der Waals surface area contributed by atoms with E-state index in [-0.39, 0.29) is 11.2 Å². The molecular weight excluding hydrogens is 220 g/mol. The van der Waals surface area contributed by atoms with Crippen LogP contribution in [0.5, 0.6) is 0 Å². The molecule has 1 aromatic carbocycles. The number of halogens is 1. The first kappa shape index (κ1) is 11.4. The zero-order valence-electron chi connectivity index (χ0n) is 7.99. The molecular formula is C10H11ClO2S. The van der Waals surface area contributed by atoms with Crippen LogP contribution in [0.1, 0.15) is 6.92 Å². The Morgan fingerprint density at radius 3 is 2.71 bits per heavy atom. The Morgan fingerprint density at radius 2 is 2.14 bits per heavy atom. The van der Waals surface area contributed by atoms with Gasteiger partial charge in [-0.1, -0.05) is 23.7 Å². The van der Waals surface area contributed by atoms with E-state index >= 15 is 0 Å². The third-order valence-corrected chi connectivity index (χ3v) is 3.27. The van der Waals surface area contributed by atoms with Gasteiger partial charge >= 0.3 is 5.97 Å². The molecule has 1 rings (SSSR count). The maximum absolute atomic E-state index is 11.1. The predicted molar refractivity (Wildman–Crippen MR) is 58.8 cm³/mol. The van der Waals surface area contributed by atoms with Gasteiger partial charge in [-0.3, -0.25) is 4.79 Å². The fourth-order valence-electron chi connectivity index (χ4n) is 0.945. The molecule has 0 N–H and O–H groups in total. The van der Waals surface area contributed by atoms with Gasteiger partial charge in [-0.2, -0.15) is 0 Å². The third-order valence-electron chi connectivity index (χ3n) is 1.67. The van der Waals surface area contributed by atoms with E-state index in [1.54, 1.807) is 13.0 Å². The first-order valence-electron chi connectivity index (χ1n) is 4.14. The van der Waals surface area contributed by atoms with Crippen LogP contribution in [0.4, 0.5) is 0 Å². The number of esters is 1. The van der Waals surface area contributed by atoms with E-state index in [0.717, 1.165) is 4.90 Å². The smallest absolute Gasteiger partial charge is 0.318 e. The lowest BCUT2D eigenvalue weighted by Crippen LogP contribution is -2.14. The zero-order valence-corrected chi connectivity index (χ0v) is 9.56. The summed E-state index contributed by atoms with van der Waals surface area (Å²) in [5, 5.41) is 0.424. The zero-order chi connectivity index (χ0) is 10.6. The molecule has 4 heteroatoms. The van der Waals surface area contributed by atoms with Crippen molar-refractivity contribution in [1.29, 1.82) is 0 Å². The minimum Gasteiger partial charge on any atom is -0.468 e. The van der Waals surface area contributed by atoms with E-state index in [9.17, 15) is 4.79 Å². The molecule has 1 atom stereocenters. The molecule has 14 heavy (non-hydrogen) atoms. The Balaban J connectivity index is 2.69. The van der Waals surface area contributed by atoms with Gasteiger partial charge in [0, 0.05) is 4.90 Å². The number of carbonyl (C=O) groups is 1. The molecule has 0 saturated heterocycles. The van der Waals surface area contributed by atoms with Crippen molar-refractivity contribution in [3.8, 4) is 0 Å². The highest BCUT2D eigenvalue weighted by molar-refractivity contribution is 8.00. The highest BCUT2D eigenvalue weighted by Gasteiger charge is 2.15. The predicted octanol–water partition coefficient (Wildman–Crippen LogP) is 2.99. The highest BCUT2D eigenvalue weighted by Crippen LogP contribution is 2.30. The fourth-order valence-corrected chi connectivity index (χ4v) is 2.13. The molecule has 0 heterocycles. The van der Waals surface area contributed by atoms with Gasteiger partial charge in [0.2, 0.25) is 0 Å². The van der Waals surface area contributed by atoms with E-state index in [1.807, 2.05) is 18.2 Å². The summed E-state index contributed by atoms with van der Waals surface area (Å²) in [4.78, 5) is 12.0. The molecule has 0 amide bonds. The van der Waals surface area contributed by atoms with Crippen LogP contribution in [0.2, 0.25) is 5.02 Å².